The Balaban J connectivity index is 2.01. The second kappa shape index (κ2) is 6.46. The number of nitrogens with one attached hydrogen (secondary N) is 1. The third-order valence-electron chi connectivity index (χ3n) is 4.00. The van der Waals surface area contributed by atoms with Crippen LogP contribution in [0.25, 0.3) is 0 Å². The zero-order valence-electron chi connectivity index (χ0n) is 12.8. The minimum Gasteiger partial charge on any atom is -0.389 e. The van der Waals surface area contributed by atoms with Crippen LogP contribution in [0.2, 0.25) is 0 Å². The Kier molecular flexibility index (Phi) is 5.07. The van der Waals surface area contributed by atoms with Gasteiger partial charge in [0.05, 0.1) is 10.5 Å². The van der Waals surface area contributed by atoms with Gasteiger partial charge in [-0.25, -0.2) is 13.1 Å². The van der Waals surface area contributed by atoms with Crippen LogP contribution in [0.5, 0.6) is 0 Å². The summed E-state index contributed by atoms with van der Waals surface area (Å²) in [6.45, 7) is 4.37. The lowest BCUT2D eigenvalue weighted by atomic mass is 10.0. The lowest BCUT2D eigenvalue weighted by molar-refractivity contribution is 0.0532. The van der Waals surface area contributed by atoms with E-state index in [1.165, 1.54) is 0 Å². The molecule has 5 heteroatoms. The van der Waals surface area contributed by atoms with E-state index in [1.807, 2.05) is 12.1 Å². The smallest absolute Gasteiger partial charge is 0.240 e. The Morgan fingerprint density at radius 2 is 1.76 bits per heavy atom. The molecule has 0 unspecified atom stereocenters. The molecule has 0 bridgehead atoms. The van der Waals surface area contributed by atoms with Crippen molar-refractivity contribution in [3.05, 3.63) is 29.8 Å². The van der Waals surface area contributed by atoms with Gasteiger partial charge in [0.1, 0.15) is 0 Å². The predicted molar refractivity (Wildman–Crippen MR) is 83.6 cm³/mol. The minimum atomic E-state index is -3.54. The molecule has 2 rings (SSSR count). The second-order valence-electron chi connectivity index (χ2n) is 6.50. The summed E-state index contributed by atoms with van der Waals surface area (Å²) in [6.07, 6.45) is 4.20. The second-order valence-corrected chi connectivity index (χ2v) is 8.26. The maximum atomic E-state index is 12.2. The van der Waals surface area contributed by atoms with Gasteiger partial charge in [-0.1, -0.05) is 38.8 Å². The average Bonchev–Trinajstić information content (AvgIpc) is 2.84. The molecule has 0 aliphatic heterocycles. The van der Waals surface area contributed by atoms with E-state index < -0.39 is 15.6 Å². The van der Waals surface area contributed by atoms with Crippen molar-refractivity contribution in [2.24, 2.45) is 5.92 Å². The lowest BCUT2D eigenvalue weighted by Crippen LogP contribution is -2.40. The van der Waals surface area contributed by atoms with Gasteiger partial charge in [-0.05, 0) is 42.9 Å². The number of sulfonamides is 1. The van der Waals surface area contributed by atoms with E-state index in [4.69, 9.17) is 0 Å². The van der Waals surface area contributed by atoms with Gasteiger partial charge in [0.25, 0.3) is 0 Å². The average molecular weight is 311 g/mol. The Morgan fingerprint density at radius 3 is 2.29 bits per heavy atom. The molecule has 118 valence electrons. The first-order chi connectivity index (χ1) is 9.81. The molecular formula is C16H25NO3S. The first-order valence-corrected chi connectivity index (χ1v) is 9.10. The molecule has 1 aromatic rings. The number of benzene rings is 1. The topological polar surface area (TPSA) is 66.4 Å². The molecular weight excluding hydrogens is 286 g/mol. The van der Waals surface area contributed by atoms with Gasteiger partial charge in [0, 0.05) is 6.54 Å². The minimum absolute atomic E-state index is 0.100. The lowest BCUT2D eigenvalue weighted by Gasteiger charge is -2.22. The van der Waals surface area contributed by atoms with Gasteiger partial charge in [-0.3, -0.25) is 0 Å². The van der Waals surface area contributed by atoms with Crippen LogP contribution < -0.4 is 4.72 Å². The third kappa shape index (κ3) is 4.53. The zero-order valence-corrected chi connectivity index (χ0v) is 13.6. The molecule has 0 radical (unpaired) electrons. The summed E-state index contributed by atoms with van der Waals surface area (Å²) in [5, 5.41) is 10.2. The summed E-state index contributed by atoms with van der Waals surface area (Å²) in [5.41, 5.74) is 0.267. The van der Waals surface area contributed by atoms with E-state index in [9.17, 15) is 13.5 Å². The van der Waals surface area contributed by atoms with Gasteiger partial charge in [0.15, 0.2) is 0 Å². The SMILES string of the molecule is CC(C)Cc1ccc(S(=O)(=O)NCC2(O)CCCC2)cc1. The highest BCUT2D eigenvalue weighted by Crippen LogP contribution is 2.29. The van der Waals surface area contributed by atoms with Crippen LogP contribution in [-0.2, 0) is 16.4 Å². The Bertz CT molecular complexity index is 558. The quantitative estimate of drug-likeness (QED) is 0.848. The van der Waals surface area contributed by atoms with Crippen LogP contribution >= 0.6 is 0 Å². The molecule has 1 aromatic carbocycles. The van der Waals surface area contributed by atoms with Crippen molar-refractivity contribution in [1.82, 2.24) is 4.72 Å². The fourth-order valence-electron chi connectivity index (χ4n) is 2.80. The summed E-state index contributed by atoms with van der Waals surface area (Å²) in [6, 6.07) is 7.00. The highest BCUT2D eigenvalue weighted by atomic mass is 32.2. The van der Waals surface area contributed by atoms with E-state index in [0.717, 1.165) is 24.8 Å². The molecule has 1 aliphatic rings. The predicted octanol–water partition coefficient (Wildman–Crippen LogP) is 2.47. The number of hydrogen-bond donors (Lipinski definition) is 2. The van der Waals surface area contributed by atoms with Crippen molar-refractivity contribution < 1.29 is 13.5 Å². The van der Waals surface area contributed by atoms with Crippen molar-refractivity contribution in [2.45, 2.75) is 56.4 Å². The summed E-state index contributed by atoms with van der Waals surface area (Å²) < 4.78 is 27.0. The van der Waals surface area contributed by atoms with Crippen LogP contribution in [0, 0.1) is 5.92 Å². The highest BCUT2D eigenvalue weighted by Gasteiger charge is 2.32. The molecule has 1 aliphatic carbocycles. The molecule has 0 heterocycles. The summed E-state index contributed by atoms with van der Waals surface area (Å²) in [4.78, 5) is 0.261. The molecule has 0 amide bonds. The zero-order chi connectivity index (χ0) is 15.5. The van der Waals surface area contributed by atoms with Gasteiger partial charge < -0.3 is 5.11 Å². The number of aliphatic hydroxyl groups is 1. The third-order valence-corrected chi connectivity index (χ3v) is 5.42. The maximum absolute atomic E-state index is 12.2. The standard InChI is InChI=1S/C16H25NO3S/c1-13(2)11-14-5-7-15(8-6-14)21(19,20)17-12-16(18)9-3-4-10-16/h5-8,13,17-18H,3-4,9-12H2,1-2H3. The van der Waals surface area contributed by atoms with Gasteiger partial charge >= 0.3 is 0 Å². The molecule has 1 saturated carbocycles. The van der Waals surface area contributed by atoms with E-state index in [2.05, 4.69) is 18.6 Å². The molecule has 4 nitrogen and oxygen atoms in total. The van der Waals surface area contributed by atoms with Crippen molar-refractivity contribution in [3.8, 4) is 0 Å². The first kappa shape index (κ1) is 16.5. The van der Waals surface area contributed by atoms with Crippen molar-refractivity contribution in [3.63, 3.8) is 0 Å². The molecule has 21 heavy (non-hydrogen) atoms. The van der Waals surface area contributed by atoms with Crippen molar-refractivity contribution in [1.29, 1.82) is 0 Å². The maximum Gasteiger partial charge on any atom is 0.240 e. The normalized spacial score (nSPS) is 18.3. The van der Waals surface area contributed by atoms with E-state index >= 15 is 0 Å². The Morgan fingerprint density at radius 1 is 1.19 bits per heavy atom. The number of hydrogen-bond acceptors (Lipinski definition) is 3. The van der Waals surface area contributed by atoms with Crippen LogP contribution in [0.4, 0.5) is 0 Å². The van der Waals surface area contributed by atoms with E-state index in [0.29, 0.717) is 18.8 Å². The molecule has 0 spiro atoms. The Labute approximate surface area is 127 Å². The van der Waals surface area contributed by atoms with Crippen LogP contribution in [-0.4, -0.2) is 25.7 Å². The summed E-state index contributed by atoms with van der Waals surface area (Å²) in [5.74, 6) is 0.544. The van der Waals surface area contributed by atoms with Crippen molar-refractivity contribution in [2.75, 3.05) is 6.54 Å². The van der Waals surface area contributed by atoms with Crippen LogP contribution in [0.1, 0.15) is 45.1 Å². The van der Waals surface area contributed by atoms with Gasteiger partial charge in [-0.15, -0.1) is 0 Å². The molecule has 0 saturated heterocycles. The molecule has 0 atom stereocenters. The molecule has 0 aromatic heterocycles. The summed E-state index contributed by atoms with van der Waals surface area (Å²) in [7, 11) is -3.54. The summed E-state index contributed by atoms with van der Waals surface area (Å²) >= 11 is 0. The monoisotopic (exact) mass is 311 g/mol. The number of rotatable bonds is 6. The highest BCUT2D eigenvalue weighted by molar-refractivity contribution is 7.89. The van der Waals surface area contributed by atoms with Gasteiger partial charge in [0.2, 0.25) is 10.0 Å². The van der Waals surface area contributed by atoms with Crippen LogP contribution in [0.3, 0.4) is 0 Å². The van der Waals surface area contributed by atoms with Gasteiger partial charge in [-0.2, -0.15) is 0 Å². The molecule has 1 fully saturated rings. The fraction of sp³-hybridized carbons (Fsp3) is 0.625. The largest absolute Gasteiger partial charge is 0.389 e. The Hall–Kier alpha value is -0.910. The molecule has 2 N–H and O–H groups in total. The van der Waals surface area contributed by atoms with Crippen LogP contribution in [0.15, 0.2) is 29.2 Å². The van der Waals surface area contributed by atoms with E-state index in [1.54, 1.807) is 12.1 Å². The fourth-order valence-corrected chi connectivity index (χ4v) is 3.92. The van der Waals surface area contributed by atoms with Crippen molar-refractivity contribution >= 4 is 10.0 Å². The first-order valence-electron chi connectivity index (χ1n) is 7.62. The van der Waals surface area contributed by atoms with E-state index in [-0.39, 0.29) is 11.4 Å².